The van der Waals surface area contributed by atoms with Crippen molar-refractivity contribution in [3.63, 3.8) is 0 Å². The molecule has 0 aromatic heterocycles. The Morgan fingerprint density at radius 2 is 1.61 bits per heavy atom. The van der Waals surface area contributed by atoms with Gasteiger partial charge in [-0.15, -0.1) is 0 Å². The Balaban J connectivity index is 1.88. The fourth-order valence-corrected chi connectivity index (χ4v) is 2.61. The Hall–Kier alpha value is -1.16. The smallest absolute Gasteiger partial charge is 0.163 e. The van der Waals surface area contributed by atoms with E-state index in [4.69, 9.17) is 0 Å². The number of aryl methyl sites for hydroxylation is 1. The van der Waals surface area contributed by atoms with Crippen molar-refractivity contribution in [1.82, 2.24) is 0 Å². The maximum absolute atomic E-state index is 12.1. The van der Waals surface area contributed by atoms with Crippen molar-refractivity contribution < 1.29 is 4.79 Å². The average molecular weight is 350 g/mol. The molecule has 0 N–H and O–H groups in total. The fourth-order valence-electron chi connectivity index (χ4n) is 1.92. The number of halogens is 1. The summed E-state index contributed by atoms with van der Waals surface area (Å²) in [6.45, 7) is 0. The van der Waals surface area contributed by atoms with Gasteiger partial charge in [-0.25, -0.2) is 0 Å². The van der Waals surface area contributed by atoms with Crippen molar-refractivity contribution in [3.05, 3.63) is 69.3 Å². The summed E-state index contributed by atoms with van der Waals surface area (Å²) < 4.78 is 1.04. The normalized spacial score (nSPS) is 10.3. The van der Waals surface area contributed by atoms with Gasteiger partial charge in [0.15, 0.2) is 5.78 Å². The molecule has 0 atom stereocenters. The van der Waals surface area contributed by atoms with E-state index in [9.17, 15) is 4.79 Å². The van der Waals surface area contributed by atoms with Gasteiger partial charge in [0.25, 0.3) is 0 Å². The maximum Gasteiger partial charge on any atom is 0.163 e. The number of carbonyl (C=O) groups is 1. The van der Waals surface area contributed by atoms with Crippen LogP contribution in [0.25, 0.3) is 0 Å². The Morgan fingerprint density at radius 3 is 2.33 bits per heavy atom. The van der Waals surface area contributed by atoms with E-state index in [-0.39, 0.29) is 5.78 Å². The van der Waals surface area contributed by atoms with Crippen molar-refractivity contribution in [2.75, 3.05) is 0 Å². The van der Waals surface area contributed by atoms with E-state index in [0.29, 0.717) is 6.42 Å². The Morgan fingerprint density at radius 1 is 0.944 bits per heavy atom. The predicted octanol–water partition coefficient (Wildman–Crippen LogP) is 4.50. The lowest BCUT2D eigenvalue weighted by atomic mass is 10.0. The second-order valence-electron chi connectivity index (χ2n) is 4.24. The molecule has 0 amide bonds. The molecule has 1 nitrogen and oxygen atoms in total. The highest BCUT2D eigenvalue weighted by Crippen LogP contribution is 2.15. The number of hydrogen-bond acceptors (Lipinski definition) is 1. The van der Waals surface area contributed by atoms with Gasteiger partial charge >= 0.3 is 0 Å². The number of benzene rings is 2. The van der Waals surface area contributed by atoms with Crippen LogP contribution in [0.15, 0.2) is 54.6 Å². The van der Waals surface area contributed by atoms with Gasteiger partial charge in [0.1, 0.15) is 0 Å². The van der Waals surface area contributed by atoms with E-state index in [1.807, 2.05) is 42.5 Å². The first-order valence-corrected chi connectivity index (χ1v) is 7.17. The van der Waals surface area contributed by atoms with Crippen molar-refractivity contribution in [3.8, 4) is 0 Å². The molecule has 0 heterocycles. The monoisotopic (exact) mass is 350 g/mol. The molecule has 2 rings (SSSR count). The summed E-state index contributed by atoms with van der Waals surface area (Å²) >= 11 is 2.22. The zero-order chi connectivity index (χ0) is 12.8. The lowest BCUT2D eigenvalue weighted by Gasteiger charge is -2.04. The van der Waals surface area contributed by atoms with E-state index in [1.165, 1.54) is 5.56 Å². The minimum absolute atomic E-state index is 0.246. The molecule has 0 saturated carbocycles. The summed E-state index contributed by atoms with van der Waals surface area (Å²) in [6, 6.07) is 18.1. The standard InChI is InChI=1S/C16H15IO/c17-15-11-5-4-10-14(15)16(18)12-6-9-13-7-2-1-3-8-13/h1-5,7-8,10-11H,6,9,12H2. The Labute approximate surface area is 121 Å². The average Bonchev–Trinajstić information content (AvgIpc) is 2.40. The van der Waals surface area contributed by atoms with Gasteiger partial charge in [0, 0.05) is 15.6 Å². The number of rotatable bonds is 5. The SMILES string of the molecule is O=C(CCCc1ccccc1)c1ccccc1I. The van der Waals surface area contributed by atoms with Crippen LogP contribution in [0.5, 0.6) is 0 Å². The molecular formula is C16H15IO. The summed E-state index contributed by atoms with van der Waals surface area (Å²) in [5.41, 5.74) is 2.15. The van der Waals surface area contributed by atoms with Crippen LogP contribution >= 0.6 is 22.6 Å². The van der Waals surface area contributed by atoms with Gasteiger partial charge in [-0.2, -0.15) is 0 Å². The van der Waals surface area contributed by atoms with E-state index < -0.39 is 0 Å². The first-order valence-electron chi connectivity index (χ1n) is 6.09. The first-order chi connectivity index (χ1) is 8.77. The fraction of sp³-hybridized carbons (Fsp3) is 0.188. The summed E-state index contributed by atoms with van der Waals surface area (Å²) in [7, 11) is 0. The molecule has 0 aliphatic rings. The first kappa shape index (κ1) is 13.3. The van der Waals surface area contributed by atoms with Crippen molar-refractivity contribution >= 4 is 28.4 Å². The van der Waals surface area contributed by atoms with Gasteiger partial charge in [-0.05, 0) is 47.1 Å². The molecule has 2 aromatic carbocycles. The Bertz CT molecular complexity index is 520. The summed E-state index contributed by atoms with van der Waals surface area (Å²) in [6.07, 6.45) is 2.50. The highest BCUT2D eigenvalue weighted by molar-refractivity contribution is 14.1. The predicted molar refractivity (Wildman–Crippen MR) is 82.9 cm³/mol. The zero-order valence-corrected chi connectivity index (χ0v) is 12.3. The van der Waals surface area contributed by atoms with Gasteiger partial charge < -0.3 is 0 Å². The van der Waals surface area contributed by atoms with Crippen molar-refractivity contribution in [1.29, 1.82) is 0 Å². The largest absolute Gasteiger partial charge is 0.294 e. The molecular weight excluding hydrogens is 335 g/mol. The molecule has 0 spiro atoms. The van der Waals surface area contributed by atoms with Crippen LogP contribution in [0.3, 0.4) is 0 Å². The van der Waals surface area contributed by atoms with Crippen LogP contribution in [0.4, 0.5) is 0 Å². The van der Waals surface area contributed by atoms with Gasteiger partial charge in [-0.1, -0.05) is 48.5 Å². The van der Waals surface area contributed by atoms with Gasteiger partial charge in [-0.3, -0.25) is 4.79 Å². The van der Waals surface area contributed by atoms with E-state index in [0.717, 1.165) is 22.0 Å². The lowest BCUT2D eigenvalue weighted by molar-refractivity contribution is 0.0979. The molecule has 2 heteroatoms. The molecule has 0 radical (unpaired) electrons. The van der Waals surface area contributed by atoms with E-state index in [1.54, 1.807) is 0 Å². The van der Waals surface area contributed by atoms with Crippen LogP contribution in [-0.2, 0) is 6.42 Å². The van der Waals surface area contributed by atoms with Gasteiger partial charge in [0.2, 0.25) is 0 Å². The quantitative estimate of drug-likeness (QED) is 0.573. The molecule has 0 aliphatic carbocycles. The topological polar surface area (TPSA) is 17.1 Å². The highest BCUT2D eigenvalue weighted by Gasteiger charge is 2.08. The summed E-state index contributed by atoms with van der Waals surface area (Å²) in [5.74, 6) is 0.246. The van der Waals surface area contributed by atoms with Gasteiger partial charge in [0.05, 0.1) is 0 Å². The van der Waals surface area contributed by atoms with Crippen LogP contribution in [-0.4, -0.2) is 5.78 Å². The van der Waals surface area contributed by atoms with Crippen LogP contribution in [0, 0.1) is 3.57 Å². The molecule has 92 valence electrons. The van der Waals surface area contributed by atoms with E-state index in [2.05, 4.69) is 34.7 Å². The second kappa shape index (κ2) is 6.69. The maximum atomic E-state index is 12.1. The third-order valence-electron chi connectivity index (χ3n) is 2.89. The molecule has 0 fully saturated rings. The highest BCUT2D eigenvalue weighted by atomic mass is 127. The molecule has 18 heavy (non-hydrogen) atoms. The second-order valence-corrected chi connectivity index (χ2v) is 5.40. The van der Waals surface area contributed by atoms with Crippen LogP contribution < -0.4 is 0 Å². The van der Waals surface area contributed by atoms with Crippen LogP contribution in [0.2, 0.25) is 0 Å². The number of Topliss-reactive ketones (excluding diaryl/α,β-unsaturated/α-hetero) is 1. The summed E-state index contributed by atoms with van der Waals surface area (Å²) in [5, 5.41) is 0. The minimum Gasteiger partial charge on any atom is -0.294 e. The van der Waals surface area contributed by atoms with Crippen LogP contribution in [0.1, 0.15) is 28.8 Å². The van der Waals surface area contributed by atoms with Crippen molar-refractivity contribution in [2.24, 2.45) is 0 Å². The van der Waals surface area contributed by atoms with Crippen molar-refractivity contribution in [2.45, 2.75) is 19.3 Å². The minimum atomic E-state index is 0.246. The summed E-state index contributed by atoms with van der Waals surface area (Å²) in [4.78, 5) is 12.1. The lowest BCUT2D eigenvalue weighted by Crippen LogP contribution is -2.02. The molecule has 0 aliphatic heterocycles. The molecule has 0 saturated heterocycles. The molecule has 0 bridgehead atoms. The number of carbonyl (C=O) groups excluding carboxylic acids is 1. The molecule has 0 unspecified atom stereocenters. The zero-order valence-electron chi connectivity index (χ0n) is 10.1. The Kier molecular flexibility index (Phi) is 4.93. The number of hydrogen-bond donors (Lipinski definition) is 0. The number of ketones is 1. The van der Waals surface area contributed by atoms with E-state index >= 15 is 0 Å². The third kappa shape index (κ3) is 3.67. The third-order valence-corrected chi connectivity index (χ3v) is 3.83. The molecule has 2 aromatic rings.